The molecule has 7 heteroatoms. The molecule has 0 bridgehead atoms. The molecule has 0 aliphatic carbocycles. The van der Waals surface area contributed by atoms with E-state index in [1.807, 2.05) is 42.6 Å². The molecular formula is C22H19N5O2. The highest BCUT2D eigenvalue weighted by atomic mass is 16.2. The molecule has 0 radical (unpaired) electrons. The van der Waals surface area contributed by atoms with Crippen LogP contribution in [0.4, 0.5) is 0 Å². The molecule has 1 aliphatic heterocycles. The fourth-order valence-electron chi connectivity index (χ4n) is 3.83. The Bertz CT molecular complexity index is 1260. The Hall–Kier alpha value is -3.74. The predicted octanol–water partition coefficient (Wildman–Crippen LogP) is 2.44. The Labute approximate surface area is 166 Å². The van der Waals surface area contributed by atoms with Crippen molar-refractivity contribution in [2.75, 3.05) is 6.54 Å². The lowest BCUT2D eigenvalue weighted by Gasteiger charge is -2.28. The minimum Gasteiger partial charge on any atom is -0.361 e. The molecule has 4 heterocycles. The van der Waals surface area contributed by atoms with Crippen LogP contribution in [0.2, 0.25) is 0 Å². The maximum absolute atomic E-state index is 12.9. The minimum atomic E-state index is -0.153. The summed E-state index contributed by atoms with van der Waals surface area (Å²) in [6, 6.07) is 13.4. The number of H-pyrrole nitrogens is 2. The molecule has 7 nitrogen and oxygen atoms in total. The normalized spacial score (nSPS) is 13.4. The van der Waals surface area contributed by atoms with E-state index in [1.54, 1.807) is 17.2 Å². The summed E-state index contributed by atoms with van der Waals surface area (Å²) in [6.45, 7) is 0.849. The van der Waals surface area contributed by atoms with Gasteiger partial charge in [-0.25, -0.2) is 4.98 Å². The lowest BCUT2D eigenvalue weighted by Crippen LogP contribution is -2.40. The third kappa shape index (κ3) is 3.20. The quantitative estimate of drug-likeness (QED) is 0.566. The van der Waals surface area contributed by atoms with Gasteiger partial charge in [-0.15, -0.1) is 0 Å². The largest absolute Gasteiger partial charge is 0.361 e. The highest BCUT2D eigenvalue weighted by Crippen LogP contribution is 2.21. The van der Waals surface area contributed by atoms with E-state index in [4.69, 9.17) is 0 Å². The predicted molar refractivity (Wildman–Crippen MR) is 109 cm³/mol. The average Bonchev–Trinajstić information content (AvgIpc) is 3.17. The number of rotatable bonds is 3. The number of amides is 1. The number of nitrogens with one attached hydrogen (secondary N) is 2. The summed E-state index contributed by atoms with van der Waals surface area (Å²) in [5.74, 6) is 0.460. The highest BCUT2D eigenvalue weighted by Gasteiger charge is 2.25. The Balaban J connectivity index is 1.40. The van der Waals surface area contributed by atoms with Crippen LogP contribution in [0.5, 0.6) is 0 Å². The topological polar surface area (TPSA) is 94.7 Å². The molecule has 1 aromatic carbocycles. The van der Waals surface area contributed by atoms with Gasteiger partial charge in [0.05, 0.1) is 18.7 Å². The van der Waals surface area contributed by atoms with Gasteiger partial charge < -0.3 is 14.9 Å². The first kappa shape index (κ1) is 17.4. The molecule has 0 fully saturated rings. The van der Waals surface area contributed by atoms with Crippen molar-refractivity contribution in [3.05, 3.63) is 82.0 Å². The molecule has 2 N–H and O–H groups in total. The average molecular weight is 385 g/mol. The van der Waals surface area contributed by atoms with Crippen molar-refractivity contribution in [2.45, 2.75) is 19.4 Å². The number of carbonyl (C=O) groups excluding carboxylic acids is 1. The number of aromatic nitrogens is 4. The highest BCUT2D eigenvalue weighted by molar-refractivity contribution is 5.89. The van der Waals surface area contributed by atoms with Gasteiger partial charge in [0.2, 0.25) is 5.91 Å². The molecule has 0 spiro atoms. The molecule has 5 rings (SSSR count). The summed E-state index contributed by atoms with van der Waals surface area (Å²) in [4.78, 5) is 42.1. The van der Waals surface area contributed by atoms with Crippen molar-refractivity contribution < 1.29 is 4.79 Å². The van der Waals surface area contributed by atoms with Crippen molar-refractivity contribution in [1.29, 1.82) is 0 Å². The Morgan fingerprint density at radius 1 is 1.14 bits per heavy atom. The van der Waals surface area contributed by atoms with Crippen molar-refractivity contribution in [2.24, 2.45) is 0 Å². The Morgan fingerprint density at radius 2 is 2.00 bits per heavy atom. The standard InChI is InChI=1S/C22H19N5O2/c28-20(11-14-12-24-17-6-2-1-5-15(14)17)27-10-8-16-19(13-27)25-21(26-22(16)29)18-7-3-4-9-23-18/h1-7,9,12,24H,8,10-11,13H2,(H,25,26,29). The van der Waals surface area contributed by atoms with E-state index < -0.39 is 0 Å². The van der Waals surface area contributed by atoms with Gasteiger partial charge in [0.1, 0.15) is 5.69 Å². The van der Waals surface area contributed by atoms with E-state index in [9.17, 15) is 9.59 Å². The lowest BCUT2D eigenvalue weighted by molar-refractivity contribution is -0.131. The lowest BCUT2D eigenvalue weighted by atomic mass is 10.0. The number of hydrogen-bond acceptors (Lipinski definition) is 4. The molecule has 4 aromatic rings. The summed E-state index contributed by atoms with van der Waals surface area (Å²) in [5.41, 5.74) is 3.75. The molecule has 29 heavy (non-hydrogen) atoms. The maximum Gasteiger partial charge on any atom is 0.254 e. The molecule has 0 atom stereocenters. The summed E-state index contributed by atoms with van der Waals surface area (Å²) >= 11 is 0. The molecule has 144 valence electrons. The minimum absolute atomic E-state index is 0.0295. The molecule has 0 saturated heterocycles. The monoisotopic (exact) mass is 385 g/mol. The molecule has 0 saturated carbocycles. The van der Waals surface area contributed by atoms with E-state index in [1.165, 1.54) is 0 Å². The van der Waals surface area contributed by atoms with E-state index in [2.05, 4.69) is 19.9 Å². The van der Waals surface area contributed by atoms with E-state index in [-0.39, 0.29) is 11.5 Å². The third-order valence-corrected chi connectivity index (χ3v) is 5.35. The van der Waals surface area contributed by atoms with Crippen LogP contribution in [0.1, 0.15) is 16.8 Å². The number of fused-ring (bicyclic) bond motifs is 2. The Morgan fingerprint density at radius 3 is 2.86 bits per heavy atom. The van der Waals surface area contributed by atoms with Gasteiger partial charge in [-0.2, -0.15) is 0 Å². The summed E-state index contributed by atoms with van der Waals surface area (Å²) in [7, 11) is 0. The fourth-order valence-corrected chi connectivity index (χ4v) is 3.83. The van der Waals surface area contributed by atoms with Crippen LogP contribution in [0.3, 0.4) is 0 Å². The van der Waals surface area contributed by atoms with Crippen molar-refractivity contribution in [3.63, 3.8) is 0 Å². The zero-order valence-corrected chi connectivity index (χ0v) is 15.7. The molecule has 3 aromatic heterocycles. The van der Waals surface area contributed by atoms with E-state index in [0.717, 1.165) is 16.5 Å². The van der Waals surface area contributed by atoms with Crippen LogP contribution >= 0.6 is 0 Å². The molecule has 1 aliphatic rings. The zero-order chi connectivity index (χ0) is 19.8. The molecule has 0 unspecified atom stereocenters. The van der Waals surface area contributed by atoms with Crippen molar-refractivity contribution in [3.8, 4) is 11.5 Å². The SMILES string of the molecule is O=C(Cc1c[nH]c2ccccc12)N1CCc2c(nc(-c3ccccn3)[nH]c2=O)C1. The number of pyridine rings is 1. The fraction of sp³-hybridized carbons (Fsp3) is 0.182. The van der Waals surface area contributed by atoms with Crippen molar-refractivity contribution in [1.82, 2.24) is 24.8 Å². The van der Waals surface area contributed by atoms with Gasteiger partial charge in [0, 0.05) is 35.4 Å². The second kappa shape index (κ2) is 7.01. The first-order valence-corrected chi connectivity index (χ1v) is 9.55. The van der Waals surface area contributed by atoms with Crippen LogP contribution in [-0.2, 0) is 24.2 Å². The van der Waals surface area contributed by atoms with Gasteiger partial charge in [-0.1, -0.05) is 24.3 Å². The molecule has 1 amide bonds. The van der Waals surface area contributed by atoms with Crippen LogP contribution in [0.25, 0.3) is 22.4 Å². The Kier molecular flexibility index (Phi) is 4.20. The van der Waals surface area contributed by atoms with Gasteiger partial charge in [0.25, 0.3) is 5.56 Å². The van der Waals surface area contributed by atoms with E-state index in [0.29, 0.717) is 48.7 Å². The van der Waals surface area contributed by atoms with Gasteiger partial charge in [-0.05, 0) is 30.2 Å². The second-order valence-corrected chi connectivity index (χ2v) is 7.16. The number of aromatic amines is 2. The number of hydrogen-bond donors (Lipinski definition) is 2. The maximum atomic E-state index is 12.9. The second-order valence-electron chi connectivity index (χ2n) is 7.16. The molecular weight excluding hydrogens is 366 g/mol. The van der Waals surface area contributed by atoms with Crippen LogP contribution < -0.4 is 5.56 Å². The summed E-state index contributed by atoms with van der Waals surface area (Å²) in [5, 5.41) is 1.06. The third-order valence-electron chi connectivity index (χ3n) is 5.35. The number of para-hydroxylation sites is 1. The first-order valence-electron chi connectivity index (χ1n) is 9.55. The van der Waals surface area contributed by atoms with E-state index >= 15 is 0 Å². The van der Waals surface area contributed by atoms with Crippen LogP contribution in [-0.4, -0.2) is 37.3 Å². The smallest absolute Gasteiger partial charge is 0.254 e. The summed E-state index contributed by atoms with van der Waals surface area (Å²) < 4.78 is 0. The number of nitrogens with zero attached hydrogens (tertiary/aromatic N) is 3. The first-order chi connectivity index (χ1) is 14.2. The number of benzene rings is 1. The summed E-state index contributed by atoms with van der Waals surface area (Å²) in [6.07, 6.45) is 4.36. The van der Waals surface area contributed by atoms with Crippen LogP contribution in [0, 0.1) is 0 Å². The number of carbonyl (C=O) groups is 1. The zero-order valence-electron chi connectivity index (χ0n) is 15.7. The van der Waals surface area contributed by atoms with Gasteiger partial charge >= 0.3 is 0 Å². The van der Waals surface area contributed by atoms with Gasteiger partial charge in [-0.3, -0.25) is 14.6 Å². The van der Waals surface area contributed by atoms with Crippen molar-refractivity contribution >= 4 is 16.8 Å². The van der Waals surface area contributed by atoms with Gasteiger partial charge in [0.15, 0.2) is 5.82 Å². The van der Waals surface area contributed by atoms with Crippen LogP contribution in [0.15, 0.2) is 59.7 Å².